The van der Waals surface area contributed by atoms with Gasteiger partial charge >= 0.3 is 0 Å². The fraction of sp³-hybridized carbons (Fsp3) is 0.435. The van der Waals surface area contributed by atoms with Gasteiger partial charge in [-0.3, -0.25) is 4.79 Å². The monoisotopic (exact) mass is 480 g/mol. The number of carbonyl (C=O) groups excluding carboxylic acids is 1. The Kier molecular flexibility index (Phi) is 7.72. The highest BCUT2D eigenvalue weighted by molar-refractivity contribution is 9.10. The molecule has 0 unspecified atom stereocenters. The van der Waals surface area contributed by atoms with Crippen LogP contribution in [0.25, 0.3) is 0 Å². The lowest BCUT2D eigenvalue weighted by molar-refractivity contribution is 0.0828. The number of rotatable bonds is 6. The van der Waals surface area contributed by atoms with Crippen LogP contribution in [0.4, 0.5) is 4.39 Å². The van der Waals surface area contributed by atoms with Gasteiger partial charge < -0.3 is 9.80 Å². The van der Waals surface area contributed by atoms with Crippen LogP contribution in [-0.4, -0.2) is 49.4 Å². The minimum Gasteiger partial charge on any atom is -0.345 e. The summed E-state index contributed by atoms with van der Waals surface area (Å²) in [7, 11) is 3.45. The molecule has 0 N–H and O–H groups in total. The van der Waals surface area contributed by atoms with Crippen molar-refractivity contribution >= 4 is 33.4 Å². The van der Waals surface area contributed by atoms with Crippen LogP contribution in [0.5, 0.6) is 0 Å². The summed E-state index contributed by atoms with van der Waals surface area (Å²) in [5, 5.41) is 0.514. The van der Waals surface area contributed by atoms with Crippen LogP contribution in [0.2, 0.25) is 5.02 Å². The van der Waals surface area contributed by atoms with Crippen molar-refractivity contribution < 1.29 is 9.18 Å². The Labute approximate surface area is 186 Å². The summed E-state index contributed by atoms with van der Waals surface area (Å²) in [5.41, 5.74) is 2.76. The number of carbonyl (C=O) groups is 1. The molecule has 1 saturated heterocycles. The number of likely N-dealkylation sites (tertiary alicyclic amines) is 1. The first-order valence-electron chi connectivity index (χ1n) is 10.00. The maximum absolute atomic E-state index is 13.5. The smallest absolute Gasteiger partial charge is 0.254 e. The van der Waals surface area contributed by atoms with E-state index in [1.165, 1.54) is 11.0 Å². The van der Waals surface area contributed by atoms with Gasteiger partial charge in [0.1, 0.15) is 5.82 Å². The largest absolute Gasteiger partial charge is 0.345 e. The predicted octanol–water partition coefficient (Wildman–Crippen LogP) is 5.44. The van der Waals surface area contributed by atoms with E-state index >= 15 is 0 Å². The molecule has 156 valence electrons. The van der Waals surface area contributed by atoms with Crippen LogP contribution in [0, 0.1) is 11.7 Å². The highest BCUT2D eigenvalue weighted by atomic mass is 79.9. The van der Waals surface area contributed by atoms with E-state index in [1.54, 1.807) is 26.2 Å². The third-order valence-corrected chi connectivity index (χ3v) is 6.70. The van der Waals surface area contributed by atoms with Gasteiger partial charge in [-0.1, -0.05) is 33.6 Å². The average Bonchev–Trinajstić information content (AvgIpc) is 2.70. The first-order valence-corrected chi connectivity index (χ1v) is 11.2. The van der Waals surface area contributed by atoms with E-state index in [9.17, 15) is 9.18 Å². The molecule has 29 heavy (non-hydrogen) atoms. The third-order valence-electron chi connectivity index (χ3n) is 5.61. The van der Waals surface area contributed by atoms with Crippen molar-refractivity contribution in [3.8, 4) is 0 Å². The zero-order valence-corrected chi connectivity index (χ0v) is 19.3. The molecular weight excluding hydrogens is 455 g/mol. The Morgan fingerprint density at radius 3 is 2.59 bits per heavy atom. The Morgan fingerprint density at radius 2 is 1.93 bits per heavy atom. The van der Waals surface area contributed by atoms with Crippen molar-refractivity contribution in [2.45, 2.75) is 25.7 Å². The molecule has 1 aliphatic rings. The van der Waals surface area contributed by atoms with E-state index in [0.717, 1.165) is 60.9 Å². The lowest BCUT2D eigenvalue weighted by Gasteiger charge is -2.32. The van der Waals surface area contributed by atoms with E-state index < -0.39 is 0 Å². The molecule has 0 bridgehead atoms. The minimum absolute atomic E-state index is 0.0754. The number of hydrogen-bond donors (Lipinski definition) is 0. The first kappa shape index (κ1) is 22.3. The van der Waals surface area contributed by atoms with E-state index in [2.05, 4.69) is 20.8 Å². The van der Waals surface area contributed by atoms with Gasteiger partial charge in [0.25, 0.3) is 5.91 Å². The Bertz CT molecular complexity index is 866. The number of halogens is 3. The minimum atomic E-state index is -0.169. The molecule has 0 atom stereocenters. The van der Waals surface area contributed by atoms with Gasteiger partial charge in [0.05, 0.1) is 10.6 Å². The van der Waals surface area contributed by atoms with E-state index in [4.69, 9.17) is 11.6 Å². The lowest BCUT2D eigenvalue weighted by atomic mass is 9.90. The standard InChI is InChI=1S/C23H27BrClFN2O/c1-27(2)23(29)20-5-3-16(14-22(20)25)7-10-28-11-8-17(9-12-28)13-18-15-19(26)4-6-21(18)24/h3-6,14-15,17H,7-13H2,1-2H3. The van der Waals surface area contributed by atoms with Gasteiger partial charge in [-0.2, -0.15) is 0 Å². The molecule has 2 aromatic rings. The first-order chi connectivity index (χ1) is 13.8. The molecule has 0 radical (unpaired) electrons. The molecule has 2 aromatic carbocycles. The van der Waals surface area contributed by atoms with Crippen molar-refractivity contribution in [2.24, 2.45) is 5.92 Å². The topological polar surface area (TPSA) is 23.6 Å². The van der Waals surface area contributed by atoms with Crippen molar-refractivity contribution in [3.05, 3.63) is 68.4 Å². The van der Waals surface area contributed by atoms with Crippen LogP contribution < -0.4 is 0 Å². The van der Waals surface area contributed by atoms with Gasteiger partial charge in [0, 0.05) is 25.1 Å². The van der Waals surface area contributed by atoms with E-state index in [1.807, 2.05) is 18.2 Å². The van der Waals surface area contributed by atoms with Crippen molar-refractivity contribution in [1.29, 1.82) is 0 Å². The van der Waals surface area contributed by atoms with Gasteiger partial charge in [0.2, 0.25) is 0 Å². The lowest BCUT2D eigenvalue weighted by Crippen LogP contribution is -2.35. The Morgan fingerprint density at radius 1 is 1.21 bits per heavy atom. The van der Waals surface area contributed by atoms with Crippen molar-refractivity contribution in [1.82, 2.24) is 9.80 Å². The number of piperidine rings is 1. The number of benzene rings is 2. The van der Waals surface area contributed by atoms with Crippen LogP contribution in [-0.2, 0) is 12.8 Å². The van der Waals surface area contributed by atoms with E-state index in [-0.39, 0.29) is 11.7 Å². The van der Waals surface area contributed by atoms with Gasteiger partial charge in [0.15, 0.2) is 0 Å². The maximum Gasteiger partial charge on any atom is 0.254 e. The van der Waals surface area contributed by atoms with Crippen molar-refractivity contribution in [2.75, 3.05) is 33.7 Å². The molecule has 3 rings (SSSR count). The van der Waals surface area contributed by atoms with E-state index in [0.29, 0.717) is 16.5 Å². The second kappa shape index (κ2) is 10.1. The second-order valence-electron chi connectivity index (χ2n) is 7.99. The molecule has 1 aliphatic heterocycles. The fourth-order valence-corrected chi connectivity index (χ4v) is 4.53. The summed E-state index contributed by atoms with van der Waals surface area (Å²) in [6, 6.07) is 10.7. The number of hydrogen-bond acceptors (Lipinski definition) is 2. The van der Waals surface area contributed by atoms with Crippen molar-refractivity contribution in [3.63, 3.8) is 0 Å². The summed E-state index contributed by atoms with van der Waals surface area (Å²) in [4.78, 5) is 16.1. The number of nitrogens with zero attached hydrogens (tertiary/aromatic N) is 2. The van der Waals surface area contributed by atoms with Crippen LogP contribution >= 0.6 is 27.5 Å². The number of amides is 1. The maximum atomic E-state index is 13.5. The Hall–Kier alpha value is -1.43. The summed E-state index contributed by atoms with van der Waals surface area (Å²) in [5.74, 6) is 0.348. The average molecular weight is 482 g/mol. The highest BCUT2D eigenvalue weighted by Gasteiger charge is 2.20. The molecule has 0 saturated carbocycles. The molecule has 1 heterocycles. The second-order valence-corrected chi connectivity index (χ2v) is 9.25. The Balaban J connectivity index is 1.48. The summed E-state index contributed by atoms with van der Waals surface area (Å²) in [6.07, 6.45) is 4.08. The molecule has 1 amide bonds. The quantitative estimate of drug-likeness (QED) is 0.548. The highest BCUT2D eigenvalue weighted by Crippen LogP contribution is 2.27. The van der Waals surface area contributed by atoms with Crippen LogP contribution in [0.15, 0.2) is 40.9 Å². The zero-order chi connectivity index (χ0) is 21.0. The van der Waals surface area contributed by atoms with Crippen LogP contribution in [0.3, 0.4) is 0 Å². The summed E-state index contributed by atoms with van der Waals surface area (Å²) >= 11 is 9.85. The molecule has 3 nitrogen and oxygen atoms in total. The van der Waals surface area contributed by atoms with Gasteiger partial charge in [-0.05, 0) is 86.1 Å². The molecule has 1 fully saturated rings. The molecule has 0 spiro atoms. The fourth-order valence-electron chi connectivity index (χ4n) is 3.84. The molecule has 6 heteroatoms. The predicted molar refractivity (Wildman–Crippen MR) is 120 cm³/mol. The normalized spacial score (nSPS) is 15.5. The summed E-state index contributed by atoms with van der Waals surface area (Å²) < 4.78 is 14.5. The summed E-state index contributed by atoms with van der Waals surface area (Å²) in [6.45, 7) is 3.10. The van der Waals surface area contributed by atoms with Gasteiger partial charge in [-0.25, -0.2) is 4.39 Å². The molecule has 0 aliphatic carbocycles. The zero-order valence-electron chi connectivity index (χ0n) is 16.9. The molecule has 0 aromatic heterocycles. The van der Waals surface area contributed by atoms with Gasteiger partial charge in [-0.15, -0.1) is 0 Å². The third kappa shape index (κ3) is 6.03. The molecular formula is C23H27BrClFN2O. The SMILES string of the molecule is CN(C)C(=O)c1ccc(CCN2CCC(Cc3cc(F)ccc3Br)CC2)cc1Cl. The van der Waals surface area contributed by atoms with Crippen LogP contribution in [0.1, 0.15) is 34.3 Å².